The molecule has 150 valence electrons. The van der Waals surface area contributed by atoms with Gasteiger partial charge in [0.25, 0.3) is 5.91 Å². The van der Waals surface area contributed by atoms with Crippen molar-refractivity contribution in [2.24, 2.45) is 0 Å². The van der Waals surface area contributed by atoms with Gasteiger partial charge in [0, 0.05) is 31.7 Å². The zero-order valence-corrected chi connectivity index (χ0v) is 17.2. The zero-order valence-electron chi connectivity index (χ0n) is 17.2. The summed E-state index contributed by atoms with van der Waals surface area (Å²) in [5.41, 5.74) is 4.67. The van der Waals surface area contributed by atoms with Gasteiger partial charge >= 0.3 is 0 Å². The first-order valence-electron chi connectivity index (χ1n) is 9.96. The Kier molecular flexibility index (Phi) is 6.89. The largest absolute Gasteiger partial charge is 0.358 e. The number of likely N-dealkylation sites (N-methyl/N-ethyl adjacent to an activating group) is 1. The van der Waals surface area contributed by atoms with Gasteiger partial charge in [-0.1, -0.05) is 32.0 Å². The third-order valence-corrected chi connectivity index (χ3v) is 4.98. The van der Waals surface area contributed by atoms with Crippen molar-refractivity contribution in [1.29, 1.82) is 0 Å². The Labute approximate surface area is 172 Å². The Morgan fingerprint density at radius 1 is 1.00 bits per heavy atom. The molecular weight excluding hydrogens is 362 g/mol. The minimum absolute atomic E-state index is 0.237. The molecule has 6 nitrogen and oxygen atoms in total. The zero-order chi connectivity index (χ0) is 20.6. The average Bonchev–Trinajstić information content (AvgIpc) is 2.78. The molecule has 1 amide bonds. The Morgan fingerprint density at radius 3 is 2.28 bits per heavy atom. The first-order valence-corrected chi connectivity index (χ1v) is 9.96. The molecule has 0 spiro atoms. The van der Waals surface area contributed by atoms with Gasteiger partial charge in [-0.05, 0) is 48.1 Å². The monoisotopic (exact) mass is 389 g/mol. The molecule has 0 unspecified atom stereocenters. The number of hydrogen-bond donors (Lipinski definition) is 1. The normalized spacial score (nSPS) is 10.6. The maximum Gasteiger partial charge on any atom is 0.275 e. The molecule has 0 saturated carbocycles. The fourth-order valence-electron chi connectivity index (χ4n) is 3.18. The first kappa shape index (κ1) is 20.5. The van der Waals surface area contributed by atoms with Crippen LogP contribution < -0.4 is 10.2 Å². The quantitative estimate of drug-likeness (QED) is 0.632. The molecule has 0 bridgehead atoms. The summed E-state index contributed by atoms with van der Waals surface area (Å²) in [5.74, 6) is 0.498. The van der Waals surface area contributed by atoms with Crippen LogP contribution in [0.5, 0.6) is 0 Å². The third kappa shape index (κ3) is 5.16. The molecule has 0 saturated heterocycles. The van der Waals surface area contributed by atoms with E-state index in [1.54, 1.807) is 18.6 Å². The molecule has 0 aliphatic carbocycles. The van der Waals surface area contributed by atoms with Crippen LogP contribution in [-0.2, 0) is 19.3 Å². The predicted octanol–water partition coefficient (Wildman–Crippen LogP) is 3.93. The van der Waals surface area contributed by atoms with Crippen molar-refractivity contribution in [2.45, 2.75) is 33.1 Å². The number of carbonyl (C=O) groups excluding carboxylic acids is 1. The Bertz CT molecular complexity index is 919. The fourth-order valence-corrected chi connectivity index (χ4v) is 3.18. The van der Waals surface area contributed by atoms with Crippen LogP contribution in [0.3, 0.4) is 0 Å². The minimum Gasteiger partial charge on any atom is -0.358 e. The van der Waals surface area contributed by atoms with E-state index < -0.39 is 0 Å². The lowest BCUT2D eigenvalue weighted by Crippen LogP contribution is -2.22. The second kappa shape index (κ2) is 9.78. The van der Waals surface area contributed by atoms with Crippen LogP contribution in [0.15, 0.2) is 55.1 Å². The molecule has 0 aliphatic heterocycles. The number of hydrogen-bond acceptors (Lipinski definition) is 5. The Morgan fingerprint density at radius 2 is 1.69 bits per heavy atom. The van der Waals surface area contributed by atoms with Crippen LogP contribution in [0.4, 0.5) is 11.5 Å². The lowest BCUT2D eigenvalue weighted by molar-refractivity contribution is 0.102. The highest BCUT2D eigenvalue weighted by Crippen LogP contribution is 2.23. The van der Waals surface area contributed by atoms with Crippen LogP contribution in [0.2, 0.25) is 0 Å². The fraction of sp³-hybridized carbons (Fsp3) is 0.304. The van der Waals surface area contributed by atoms with E-state index in [4.69, 9.17) is 0 Å². The van der Waals surface area contributed by atoms with E-state index in [0.29, 0.717) is 5.69 Å². The van der Waals surface area contributed by atoms with Crippen LogP contribution in [0, 0.1) is 0 Å². The lowest BCUT2D eigenvalue weighted by Gasteiger charge is -2.18. The number of carbonyl (C=O) groups is 1. The molecule has 3 aromatic rings. The smallest absolute Gasteiger partial charge is 0.275 e. The molecule has 1 aromatic carbocycles. The molecule has 6 heteroatoms. The van der Waals surface area contributed by atoms with E-state index in [0.717, 1.165) is 48.4 Å². The van der Waals surface area contributed by atoms with E-state index in [1.807, 2.05) is 42.3 Å². The van der Waals surface area contributed by atoms with Gasteiger partial charge in [0.05, 0.1) is 12.4 Å². The van der Waals surface area contributed by atoms with E-state index in [9.17, 15) is 4.79 Å². The SMILES string of the molecule is CCc1cccc(CC)c1NC(=O)c1cnc(N(C)CCc2ccncc2)cn1. The molecular formula is C23H27N5O. The molecule has 2 aromatic heterocycles. The Balaban J connectivity index is 1.66. The summed E-state index contributed by atoms with van der Waals surface area (Å²) >= 11 is 0. The van der Waals surface area contributed by atoms with Crippen molar-refractivity contribution in [3.63, 3.8) is 0 Å². The molecule has 0 aliphatic rings. The summed E-state index contributed by atoms with van der Waals surface area (Å²) in [6.45, 7) is 4.97. The molecule has 0 radical (unpaired) electrons. The summed E-state index contributed by atoms with van der Waals surface area (Å²) in [4.78, 5) is 27.5. The average molecular weight is 390 g/mol. The molecule has 1 N–H and O–H groups in total. The number of anilines is 2. The van der Waals surface area contributed by atoms with Gasteiger partial charge in [0.1, 0.15) is 11.5 Å². The summed E-state index contributed by atoms with van der Waals surface area (Å²) < 4.78 is 0. The van der Waals surface area contributed by atoms with Crippen molar-refractivity contribution in [3.05, 3.63) is 77.5 Å². The van der Waals surface area contributed by atoms with Crippen LogP contribution >= 0.6 is 0 Å². The standard InChI is InChI=1S/C23H27N5O/c1-4-18-7-6-8-19(5-2)22(18)27-23(29)20-15-26-21(16-25-20)28(3)14-11-17-9-12-24-13-10-17/h6-10,12-13,15-16H,4-5,11,14H2,1-3H3,(H,27,29). The maximum absolute atomic E-state index is 12.7. The molecule has 0 fully saturated rings. The highest BCUT2D eigenvalue weighted by Gasteiger charge is 2.14. The summed E-state index contributed by atoms with van der Waals surface area (Å²) in [5, 5.41) is 3.03. The summed E-state index contributed by atoms with van der Waals surface area (Å²) in [6.07, 6.45) is 9.37. The molecule has 2 heterocycles. The molecule has 29 heavy (non-hydrogen) atoms. The minimum atomic E-state index is -0.237. The maximum atomic E-state index is 12.7. The molecule has 3 rings (SSSR count). The number of benzene rings is 1. The number of rotatable bonds is 8. The van der Waals surface area contributed by atoms with E-state index in [1.165, 1.54) is 11.8 Å². The van der Waals surface area contributed by atoms with Gasteiger partial charge in [-0.15, -0.1) is 0 Å². The van der Waals surface area contributed by atoms with E-state index in [2.05, 4.69) is 34.1 Å². The van der Waals surface area contributed by atoms with Crippen molar-refractivity contribution >= 4 is 17.4 Å². The second-order valence-electron chi connectivity index (χ2n) is 6.90. The molecule has 0 atom stereocenters. The predicted molar refractivity (Wildman–Crippen MR) is 116 cm³/mol. The van der Waals surface area contributed by atoms with Crippen molar-refractivity contribution in [3.8, 4) is 0 Å². The van der Waals surface area contributed by atoms with Gasteiger partial charge in [0.15, 0.2) is 0 Å². The lowest BCUT2D eigenvalue weighted by atomic mass is 10.0. The van der Waals surface area contributed by atoms with Gasteiger partial charge in [-0.2, -0.15) is 0 Å². The van der Waals surface area contributed by atoms with Crippen LogP contribution in [-0.4, -0.2) is 34.5 Å². The van der Waals surface area contributed by atoms with Crippen molar-refractivity contribution in [2.75, 3.05) is 23.8 Å². The van der Waals surface area contributed by atoms with Crippen molar-refractivity contribution < 1.29 is 4.79 Å². The summed E-state index contributed by atoms with van der Waals surface area (Å²) in [7, 11) is 1.97. The highest BCUT2D eigenvalue weighted by atomic mass is 16.1. The van der Waals surface area contributed by atoms with Crippen LogP contribution in [0.1, 0.15) is 41.0 Å². The third-order valence-electron chi connectivity index (χ3n) is 4.98. The highest BCUT2D eigenvalue weighted by molar-refractivity contribution is 6.03. The number of para-hydroxylation sites is 1. The Hall–Kier alpha value is -3.28. The van der Waals surface area contributed by atoms with Gasteiger partial charge in [-0.3, -0.25) is 9.78 Å². The number of amides is 1. The number of aromatic nitrogens is 3. The topological polar surface area (TPSA) is 71.0 Å². The summed E-state index contributed by atoms with van der Waals surface area (Å²) in [6, 6.07) is 10.1. The van der Waals surface area contributed by atoms with Crippen LogP contribution in [0.25, 0.3) is 0 Å². The number of nitrogens with zero attached hydrogens (tertiary/aromatic N) is 4. The number of aryl methyl sites for hydroxylation is 2. The van der Waals surface area contributed by atoms with Gasteiger partial charge < -0.3 is 10.2 Å². The number of nitrogens with one attached hydrogen (secondary N) is 1. The van der Waals surface area contributed by atoms with E-state index >= 15 is 0 Å². The van der Waals surface area contributed by atoms with Crippen molar-refractivity contribution in [1.82, 2.24) is 15.0 Å². The second-order valence-corrected chi connectivity index (χ2v) is 6.90. The van der Waals surface area contributed by atoms with Gasteiger partial charge in [-0.25, -0.2) is 9.97 Å². The van der Waals surface area contributed by atoms with E-state index in [-0.39, 0.29) is 5.91 Å². The number of pyridine rings is 1. The van der Waals surface area contributed by atoms with Gasteiger partial charge in [0.2, 0.25) is 0 Å². The first-order chi connectivity index (χ1) is 14.1.